The highest BCUT2D eigenvalue weighted by molar-refractivity contribution is 7.99. The first-order chi connectivity index (χ1) is 11.1. The quantitative estimate of drug-likeness (QED) is 0.803. The van der Waals surface area contributed by atoms with Crippen LogP contribution in [-0.2, 0) is 10.5 Å². The molecule has 0 fully saturated rings. The van der Waals surface area contributed by atoms with E-state index in [1.807, 2.05) is 69.3 Å². The van der Waals surface area contributed by atoms with Crippen molar-refractivity contribution in [3.63, 3.8) is 0 Å². The molecule has 1 atom stereocenters. The van der Waals surface area contributed by atoms with Crippen molar-refractivity contribution < 1.29 is 9.53 Å². The van der Waals surface area contributed by atoms with Gasteiger partial charge in [-0.2, -0.15) is 0 Å². The highest BCUT2D eigenvalue weighted by Crippen LogP contribution is 2.26. The standard InChI is InChI=1S/C19H23NO2S/c1-4-22-18-11-6-5-9-16(18)13-23-15(3)19(21)20-17-10-7-8-14(2)12-17/h5-12,15H,4,13H2,1-3H3,(H,20,21). The Labute approximate surface area is 142 Å². The normalized spacial score (nSPS) is 11.8. The Bertz CT molecular complexity index is 657. The van der Waals surface area contributed by atoms with Gasteiger partial charge in [0.25, 0.3) is 0 Å². The smallest absolute Gasteiger partial charge is 0.237 e. The molecule has 2 rings (SSSR count). The molecule has 4 heteroatoms. The summed E-state index contributed by atoms with van der Waals surface area (Å²) in [7, 11) is 0. The molecule has 1 N–H and O–H groups in total. The van der Waals surface area contributed by atoms with Crippen LogP contribution in [0.2, 0.25) is 0 Å². The Morgan fingerprint density at radius 2 is 2.00 bits per heavy atom. The summed E-state index contributed by atoms with van der Waals surface area (Å²) >= 11 is 1.61. The lowest BCUT2D eigenvalue weighted by atomic mass is 10.2. The van der Waals surface area contributed by atoms with E-state index >= 15 is 0 Å². The minimum Gasteiger partial charge on any atom is -0.494 e. The number of para-hydroxylation sites is 1. The summed E-state index contributed by atoms with van der Waals surface area (Å²) in [6.45, 7) is 6.56. The molecule has 1 unspecified atom stereocenters. The third-order valence-electron chi connectivity index (χ3n) is 3.42. The molecule has 0 radical (unpaired) electrons. The first-order valence-electron chi connectivity index (χ1n) is 7.80. The first kappa shape index (κ1) is 17.4. The Morgan fingerprint density at radius 1 is 1.22 bits per heavy atom. The summed E-state index contributed by atoms with van der Waals surface area (Å²) in [5, 5.41) is 2.83. The average molecular weight is 329 g/mol. The molecule has 0 aliphatic rings. The molecule has 0 heterocycles. The second-order valence-electron chi connectivity index (χ2n) is 5.35. The van der Waals surface area contributed by atoms with E-state index in [0.29, 0.717) is 6.61 Å². The van der Waals surface area contributed by atoms with E-state index in [-0.39, 0.29) is 11.2 Å². The van der Waals surface area contributed by atoms with Gasteiger partial charge in [0.1, 0.15) is 5.75 Å². The highest BCUT2D eigenvalue weighted by Gasteiger charge is 2.15. The molecular formula is C19H23NO2S. The van der Waals surface area contributed by atoms with Crippen LogP contribution in [0.4, 0.5) is 5.69 Å². The highest BCUT2D eigenvalue weighted by atomic mass is 32.2. The topological polar surface area (TPSA) is 38.3 Å². The van der Waals surface area contributed by atoms with Gasteiger partial charge in [0, 0.05) is 17.0 Å². The average Bonchev–Trinajstić information content (AvgIpc) is 2.54. The second kappa shape index (κ2) is 8.63. The maximum Gasteiger partial charge on any atom is 0.237 e. The third-order valence-corrected chi connectivity index (χ3v) is 4.61. The van der Waals surface area contributed by atoms with Gasteiger partial charge >= 0.3 is 0 Å². The predicted molar refractivity (Wildman–Crippen MR) is 98.2 cm³/mol. The van der Waals surface area contributed by atoms with E-state index in [4.69, 9.17) is 4.74 Å². The Hall–Kier alpha value is -1.94. The number of rotatable bonds is 7. The van der Waals surface area contributed by atoms with E-state index in [2.05, 4.69) is 5.32 Å². The van der Waals surface area contributed by atoms with Crippen LogP contribution in [0.15, 0.2) is 48.5 Å². The van der Waals surface area contributed by atoms with Crippen LogP contribution in [0, 0.1) is 6.92 Å². The Balaban J connectivity index is 1.91. The van der Waals surface area contributed by atoms with Gasteiger partial charge in [-0.1, -0.05) is 30.3 Å². The van der Waals surface area contributed by atoms with Crippen molar-refractivity contribution >= 4 is 23.4 Å². The molecule has 0 aromatic heterocycles. The van der Waals surface area contributed by atoms with E-state index in [1.165, 1.54) is 0 Å². The molecule has 0 spiro atoms. The zero-order chi connectivity index (χ0) is 16.7. The number of benzene rings is 2. The van der Waals surface area contributed by atoms with Crippen LogP contribution in [0.1, 0.15) is 25.0 Å². The van der Waals surface area contributed by atoms with Gasteiger partial charge in [0.15, 0.2) is 0 Å². The van der Waals surface area contributed by atoms with E-state index in [9.17, 15) is 4.79 Å². The van der Waals surface area contributed by atoms with Crippen LogP contribution < -0.4 is 10.1 Å². The number of carbonyl (C=O) groups is 1. The predicted octanol–water partition coefficient (Wildman–Crippen LogP) is 4.65. The number of anilines is 1. The fraction of sp³-hybridized carbons (Fsp3) is 0.316. The minimum absolute atomic E-state index is 0.0227. The molecule has 0 aliphatic heterocycles. The maximum atomic E-state index is 12.3. The maximum absolute atomic E-state index is 12.3. The van der Waals surface area contributed by atoms with Crippen molar-refractivity contribution in [3.8, 4) is 5.75 Å². The van der Waals surface area contributed by atoms with E-state index < -0.39 is 0 Å². The fourth-order valence-corrected chi connectivity index (χ4v) is 3.05. The molecule has 1 amide bonds. The Kier molecular flexibility index (Phi) is 6.53. The van der Waals surface area contributed by atoms with Crippen LogP contribution in [0.5, 0.6) is 5.75 Å². The zero-order valence-electron chi connectivity index (χ0n) is 13.8. The van der Waals surface area contributed by atoms with Gasteiger partial charge in [-0.25, -0.2) is 0 Å². The van der Waals surface area contributed by atoms with E-state index in [1.54, 1.807) is 11.8 Å². The molecule has 0 saturated carbocycles. The van der Waals surface area contributed by atoms with Crippen molar-refractivity contribution in [1.29, 1.82) is 0 Å². The molecule has 23 heavy (non-hydrogen) atoms. The van der Waals surface area contributed by atoms with Crippen LogP contribution >= 0.6 is 11.8 Å². The van der Waals surface area contributed by atoms with Crippen molar-refractivity contribution in [2.45, 2.75) is 31.8 Å². The monoisotopic (exact) mass is 329 g/mol. The third kappa shape index (κ3) is 5.32. The molecular weight excluding hydrogens is 306 g/mol. The zero-order valence-corrected chi connectivity index (χ0v) is 14.7. The number of thioether (sulfide) groups is 1. The fourth-order valence-electron chi connectivity index (χ4n) is 2.18. The van der Waals surface area contributed by atoms with E-state index in [0.717, 1.165) is 28.3 Å². The number of aryl methyl sites for hydroxylation is 1. The summed E-state index contributed by atoms with van der Waals surface area (Å²) in [6.07, 6.45) is 0. The SMILES string of the molecule is CCOc1ccccc1CSC(C)C(=O)Nc1cccc(C)c1. The van der Waals surface area contributed by atoms with Crippen molar-refractivity contribution in [2.75, 3.05) is 11.9 Å². The molecule has 0 saturated heterocycles. The van der Waals surface area contributed by atoms with Crippen LogP contribution in [0.25, 0.3) is 0 Å². The number of hydrogen-bond donors (Lipinski definition) is 1. The van der Waals surface area contributed by atoms with Gasteiger partial charge in [-0.15, -0.1) is 11.8 Å². The molecule has 0 aliphatic carbocycles. The molecule has 0 bridgehead atoms. The number of ether oxygens (including phenoxy) is 1. The first-order valence-corrected chi connectivity index (χ1v) is 8.85. The molecule has 122 valence electrons. The van der Waals surface area contributed by atoms with Gasteiger partial charge < -0.3 is 10.1 Å². The Morgan fingerprint density at radius 3 is 2.74 bits per heavy atom. The molecule has 2 aromatic rings. The van der Waals surface area contributed by atoms with Crippen LogP contribution in [-0.4, -0.2) is 17.8 Å². The van der Waals surface area contributed by atoms with Gasteiger partial charge in [0.05, 0.1) is 11.9 Å². The summed E-state index contributed by atoms with van der Waals surface area (Å²) in [5.41, 5.74) is 3.10. The molecule has 2 aromatic carbocycles. The summed E-state index contributed by atoms with van der Waals surface area (Å²) in [5.74, 6) is 1.67. The largest absolute Gasteiger partial charge is 0.494 e. The molecule has 3 nitrogen and oxygen atoms in total. The number of amides is 1. The second-order valence-corrected chi connectivity index (χ2v) is 6.68. The van der Waals surface area contributed by atoms with Crippen molar-refractivity contribution in [2.24, 2.45) is 0 Å². The lowest BCUT2D eigenvalue weighted by molar-refractivity contribution is -0.115. The van der Waals surface area contributed by atoms with Crippen molar-refractivity contribution in [1.82, 2.24) is 0 Å². The number of nitrogens with one attached hydrogen (secondary N) is 1. The number of carbonyl (C=O) groups excluding carboxylic acids is 1. The summed E-state index contributed by atoms with van der Waals surface area (Å²) < 4.78 is 5.62. The summed E-state index contributed by atoms with van der Waals surface area (Å²) in [6, 6.07) is 15.8. The lowest BCUT2D eigenvalue weighted by Crippen LogP contribution is -2.22. The number of hydrogen-bond acceptors (Lipinski definition) is 3. The van der Waals surface area contributed by atoms with Crippen molar-refractivity contribution in [3.05, 3.63) is 59.7 Å². The minimum atomic E-state index is -0.134. The van der Waals surface area contributed by atoms with Gasteiger partial charge in [0.2, 0.25) is 5.91 Å². The lowest BCUT2D eigenvalue weighted by Gasteiger charge is -2.14. The summed E-state index contributed by atoms with van der Waals surface area (Å²) in [4.78, 5) is 12.3. The van der Waals surface area contributed by atoms with Gasteiger partial charge in [-0.3, -0.25) is 4.79 Å². The van der Waals surface area contributed by atoms with Crippen LogP contribution in [0.3, 0.4) is 0 Å². The van der Waals surface area contributed by atoms with Gasteiger partial charge in [-0.05, 0) is 44.5 Å².